The lowest BCUT2D eigenvalue weighted by molar-refractivity contribution is 0.0583. The van der Waals surface area contributed by atoms with Gasteiger partial charge in [0.2, 0.25) is 5.88 Å². The Bertz CT molecular complexity index is 922. The van der Waals surface area contributed by atoms with Gasteiger partial charge in [-0.15, -0.1) is 22.0 Å². The fourth-order valence-corrected chi connectivity index (χ4v) is 3.83. The van der Waals surface area contributed by atoms with Crippen LogP contribution < -0.4 is 4.74 Å². The largest absolute Gasteiger partial charge is 0.473 e. The van der Waals surface area contributed by atoms with Gasteiger partial charge in [0.1, 0.15) is 6.10 Å². The third kappa shape index (κ3) is 4.01. The van der Waals surface area contributed by atoms with Crippen LogP contribution in [0.5, 0.6) is 5.88 Å². The van der Waals surface area contributed by atoms with Crippen molar-refractivity contribution in [2.45, 2.75) is 23.8 Å². The number of ether oxygens (including phenoxy) is 1. The molecule has 0 spiro atoms. The van der Waals surface area contributed by atoms with Crippen LogP contribution in [0.25, 0.3) is 5.82 Å². The number of hydrogen-bond donors (Lipinski definition) is 0. The molecular weight excluding hydrogens is 374 g/mol. The summed E-state index contributed by atoms with van der Waals surface area (Å²) in [4.78, 5) is 15.8. The van der Waals surface area contributed by atoms with E-state index in [1.807, 2.05) is 53.8 Å². The molecule has 3 heterocycles. The van der Waals surface area contributed by atoms with Gasteiger partial charge in [-0.3, -0.25) is 4.79 Å². The van der Waals surface area contributed by atoms with Crippen LogP contribution in [0, 0.1) is 0 Å². The van der Waals surface area contributed by atoms with Gasteiger partial charge in [0.05, 0.1) is 5.56 Å². The third-order valence-corrected chi connectivity index (χ3v) is 5.51. The molecule has 3 aromatic rings. The SMILES string of the molecule is CSc1ccccc1C(=O)N1CCC(Oc2ccc(-n3cccn3)nn2)CC1. The van der Waals surface area contributed by atoms with Gasteiger partial charge in [-0.1, -0.05) is 12.1 Å². The number of aromatic nitrogens is 4. The van der Waals surface area contributed by atoms with E-state index in [9.17, 15) is 4.79 Å². The number of piperidine rings is 1. The van der Waals surface area contributed by atoms with Crippen molar-refractivity contribution in [3.63, 3.8) is 0 Å². The Labute approximate surface area is 167 Å². The predicted molar refractivity (Wildman–Crippen MR) is 107 cm³/mol. The standard InChI is InChI=1S/C20H21N5O2S/c1-28-17-6-3-2-5-16(17)20(26)24-13-9-15(10-14-24)27-19-8-7-18(22-23-19)25-12-4-11-21-25/h2-8,11-12,15H,9-10,13-14H2,1H3. The van der Waals surface area contributed by atoms with E-state index in [0.29, 0.717) is 24.8 Å². The Morgan fingerprint density at radius 1 is 1.11 bits per heavy atom. The van der Waals surface area contributed by atoms with E-state index >= 15 is 0 Å². The molecule has 0 N–H and O–H groups in total. The molecule has 0 atom stereocenters. The van der Waals surface area contributed by atoms with Crippen LogP contribution in [-0.2, 0) is 0 Å². The smallest absolute Gasteiger partial charge is 0.254 e. The molecule has 0 bridgehead atoms. The van der Waals surface area contributed by atoms with Crippen LogP contribution in [0.15, 0.2) is 59.8 Å². The average molecular weight is 395 g/mol. The van der Waals surface area contributed by atoms with Crippen molar-refractivity contribution in [3.05, 3.63) is 60.4 Å². The van der Waals surface area contributed by atoms with Gasteiger partial charge in [0.15, 0.2) is 5.82 Å². The predicted octanol–water partition coefficient (Wildman–Crippen LogP) is 3.07. The van der Waals surface area contributed by atoms with E-state index in [4.69, 9.17) is 4.74 Å². The van der Waals surface area contributed by atoms with Crippen molar-refractivity contribution in [1.82, 2.24) is 24.9 Å². The molecule has 28 heavy (non-hydrogen) atoms. The zero-order chi connectivity index (χ0) is 19.3. The number of nitrogens with zero attached hydrogens (tertiary/aromatic N) is 5. The number of thioether (sulfide) groups is 1. The molecule has 4 rings (SSSR count). The Morgan fingerprint density at radius 3 is 2.61 bits per heavy atom. The summed E-state index contributed by atoms with van der Waals surface area (Å²) in [5.74, 6) is 1.23. The van der Waals surface area contributed by atoms with E-state index in [0.717, 1.165) is 23.3 Å². The van der Waals surface area contributed by atoms with E-state index in [2.05, 4.69) is 15.3 Å². The average Bonchev–Trinajstić information content (AvgIpc) is 3.29. The number of amides is 1. The molecule has 8 heteroatoms. The molecule has 0 radical (unpaired) electrons. The molecule has 0 saturated carbocycles. The first-order chi connectivity index (χ1) is 13.7. The second-order valence-electron chi connectivity index (χ2n) is 6.49. The molecule has 1 aliphatic rings. The van der Waals surface area contributed by atoms with Crippen molar-refractivity contribution in [1.29, 1.82) is 0 Å². The Morgan fingerprint density at radius 2 is 1.93 bits per heavy atom. The minimum absolute atomic E-state index is 0.0321. The van der Waals surface area contributed by atoms with Gasteiger partial charge < -0.3 is 9.64 Å². The highest BCUT2D eigenvalue weighted by molar-refractivity contribution is 7.98. The summed E-state index contributed by atoms with van der Waals surface area (Å²) in [5.41, 5.74) is 0.773. The summed E-state index contributed by atoms with van der Waals surface area (Å²) in [6.45, 7) is 1.34. The van der Waals surface area contributed by atoms with Crippen molar-refractivity contribution < 1.29 is 9.53 Å². The number of carbonyl (C=O) groups is 1. The van der Waals surface area contributed by atoms with Gasteiger partial charge in [-0.2, -0.15) is 5.10 Å². The maximum absolute atomic E-state index is 12.8. The van der Waals surface area contributed by atoms with Gasteiger partial charge in [-0.25, -0.2) is 4.68 Å². The monoisotopic (exact) mass is 395 g/mol. The lowest BCUT2D eigenvalue weighted by atomic mass is 10.1. The van der Waals surface area contributed by atoms with Gasteiger partial charge in [-0.05, 0) is 30.5 Å². The van der Waals surface area contributed by atoms with Crippen LogP contribution in [0.1, 0.15) is 23.2 Å². The first-order valence-electron chi connectivity index (χ1n) is 9.17. The summed E-state index contributed by atoms with van der Waals surface area (Å²) < 4.78 is 7.61. The molecule has 2 aromatic heterocycles. The van der Waals surface area contributed by atoms with E-state index < -0.39 is 0 Å². The highest BCUT2D eigenvalue weighted by Crippen LogP contribution is 2.24. The highest BCUT2D eigenvalue weighted by atomic mass is 32.2. The van der Waals surface area contributed by atoms with Crippen LogP contribution in [-0.4, -0.2) is 56.2 Å². The number of benzene rings is 1. The van der Waals surface area contributed by atoms with Gasteiger partial charge in [0.25, 0.3) is 5.91 Å². The topological polar surface area (TPSA) is 73.1 Å². The zero-order valence-electron chi connectivity index (χ0n) is 15.6. The maximum atomic E-state index is 12.8. The summed E-state index contributed by atoms with van der Waals surface area (Å²) in [7, 11) is 0. The van der Waals surface area contributed by atoms with E-state index in [-0.39, 0.29) is 12.0 Å². The maximum Gasteiger partial charge on any atom is 0.254 e. The molecule has 1 saturated heterocycles. The fraction of sp³-hybridized carbons (Fsp3) is 0.300. The third-order valence-electron chi connectivity index (χ3n) is 4.72. The molecule has 144 valence electrons. The molecule has 1 aliphatic heterocycles. The van der Waals surface area contributed by atoms with Crippen LogP contribution >= 0.6 is 11.8 Å². The van der Waals surface area contributed by atoms with Crippen molar-refractivity contribution in [2.24, 2.45) is 0 Å². The van der Waals surface area contributed by atoms with Crippen LogP contribution in [0.3, 0.4) is 0 Å². The molecule has 0 unspecified atom stereocenters. The van der Waals surface area contributed by atoms with Crippen molar-refractivity contribution in [3.8, 4) is 11.7 Å². The molecule has 0 aliphatic carbocycles. The normalized spacial score (nSPS) is 14.8. The first kappa shape index (κ1) is 18.5. The number of rotatable bonds is 5. The molecule has 1 fully saturated rings. The first-order valence-corrected chi connectivity index (χ1v) is 10.4. The second-order valence-corrected chi connectivity index (χ2v) is 7.34. The lowest BCUT2D eigenvalue weighted by Crippen LogP contribution is -2.42. The van der Waals surface area contributed by atoms with E-state index in [1.54, 1.807) is 28.7 Å². The number of hydrogen-bond acceptors (Lipinski definition) is 6. The number of carbonyl (C=O) groups excluding carboxylic acids is 1. The zero-order valence-corrected chi connectivity index (χ0v) is 16.4. The van der Waals surface area contributed by atoms with E-state index in [1.165, 1.54) is 0 Å². The molecule has 7 nitrogen and oxygen atoms in total. The summed E-state index contributed by atoms with van der Waals surface area (Å²) >= 11 is 1.60. The van der Waals surface area contributed by atoms with Crippen LogP contribution in [0.4, 0.5) is 0 Å². The summed E-state index contributed by atoms with van der Waals surface area (Å²) in [6, 6.07) is 13.2. The summed E-state index contributed by atoms with van der Waals surface area (Å²) in [6.07, 6.45) is 7.08. The van der Waals surface area contributed by atoms with Gasteiger partial charge in [0, 0.05) is 49.3 Å². The molecule has 1 aromatic carbocycles. The summed E-state index contributed by atoms with van der Waals surface area (Å²) in [5, 5.41) is 12.4. The number of likely N-dealkylation sites (tertiary alicyclic amines) is 1. The van der Waals surface area contributed by atoms with Crippen molar-refractivity contribution in [2.75, 3.05) is 19.3 Å². The minimum Gasteiger partial charge on any atom is -0.473 e. The second kappa shape index (κ2) is 8.43. The Balaban J connectivity index is 1.33. The van der Waals surface area contributed by atoms with Crippen molar-refractivity contribution >= 4 is 17.7 Å². The van der Waals surface area contributed by atoms with Gasteiger partial charge >= 0.3 is 0 Å². The fourth-order valence-electron chi connectivity index (χ4n) is 3.24. The molecular formula is C20H21N5O2S. The van der Waals surface area contributed by atoms with Crippen LogP contribution in [0.2, 0.25) is 0 Å². The Hall–Kier alpha value is -2.87. The highest BCUT2D eigenvalue weighted by Gasteiger charge is 2.26. The quantitative estimate of drug-likeness (QED) is 0.618. The Kier molecular flexibility index (Phi) is 5.57. The minimum atomic E-state index is 0.0321. The molecule has 1 amide bonds. The lowest BCUT2D eigenvalue weighted by Gasteiger charge is -2.32.